The number of hydrogen-bond acceptors (Lipinski definition) is 3. The summed E-state index contributed by atoms with van der Waals surface area (Å²) in [6.45, 7) is 3.62. The third kappa shape index (κ3) is 7.78. The summed E-state index contributed by atoms with van der Waals surface area (Å²) in [4.78, 5) is 4.44. The van der Waals surface area contributed by atoms with Crippen molar-refractivity contribution in [2.75, 3.05) is 19.7 Å². The van der Waals surface area contributed by atoms with Gasteiger partial charge in [0, 0.05) is 12.6 Å². The lowest BCUT2D eigenvalue weighted by Crippen LogP contribution is -2.39. The molecule has 0 aliphatic heterocycles. The maximum Gasteiger partial charge on any atom is 0.191 e. The molecule has 2 aromatic carbocycles. The van der Waals surface area contributed by atoms with Gasteiger partial charge in [0.15, 0.2) is 17.5 Å². The normalized spacial score (nSPS) is 10.5. The van der Waals surface area contributed by atoms with E-state index in [-0.39, 0.29) is 36.3 Å². The van der Waals surface area contributed by atoms with Crippen molar-refractivity contribution < 1.29 is 13.5 Å². The van der Waals surface area contributed by atoms with Crippen molar-refractivity contribution in [1.29, 1.82) is 5.26 Å². The van der Waals surface area contributed by atoms with Gasteiger partial charge in [0.25, 0.3) is 0 Å². The molecule has 5 nitrogen and oxygen atoms in total. The topological polar surface area (TPSA) is 69.4 Å². The van der Waals surface area contributed by atoms with E-state index in [1.807, 2.05) is 19.1 Å². The van der Waals surface area contributed by atoms with E-state index in [2.05, 4.69) is 21.7 Å². The monoisotopic (exact) mass is 486 g/mol. The molecule has 0 saturated heterocycles. The highest BCUT2D eigenvalue weighted by atomic mass is 127. The molecule has 0 saturated carbocycles. The molecular weight excluding hydrogens is 465 g/mol. The molecule has 2 rings (SSSR count). The zero-order valence-corrected chi connectivity index (χ0v) is 17.2. The first-order chi connectivity index (χ1) is 12.6. The third-order valence-corrected chi connectivity index (χ3v) is 3.37. The molecule has 144 valence electrons. The Balaban J connectivity index is 0.00000364. The largest absolute Gasteiger partial charge is 0.489 e. The van der Waals surface area contributed by atoms with Crippen molar-refractivity contribution in [3.63, 3.8) is 0 Å². The number of guanidine groups is 1. The number of hydrogen-bond donors (Lipinski definition) is 2. The Hall–Kier alpha value is -2.41. The molecule has 8 heteroatoms. The smallest absolute Gasteiger partial charge is 0.191 e. The third-order valence-electron chi connectivity index (χ3n) is 3.37. The van der Waals surface area contributed by atoms with Crippen molar-refractivity contribution in [2.24, 2.45) is 4.99 Å². The van der Waals surface area contributed by atoms with Gasteiger partial charge < -0.3 is 15.4 Å². The van der Waals surface area contributed by atoms with Gasteiger partial charge in [0.1, 0.15) is 12.4 Å². The molecule has 0 atom stereocenters. The van der Waals surface area contributed by atoms with Crippen LogP contribution < -0.4 is 15.4 Å². The van der Waals surface area contributed by atoms with Crippen molar-refractivity contribution in [2.45, 2.75) is 13.5 Å². The lowest BCUT2D eigenvalue weighted by atomic mass is 10.1. The Bertz CT molecular complexity index is 809. The maximum absolute atomic E-state index is 13.5. The molecule has 0 aromatic heterocycles. The molecule has 2 aromatic rings. The van der Waals surface area contributed by atoms with Gasteiger partial charge in [0.2, 0.25) is 0 Å². The Kier molecular flexibility index (Phi) is 10.1. The van der Waals surface area contributed by atoms with E-state index in [4.69, 9.17) is 10.00 Å². The Morgan fingerprint density at radius 1 is 1.19 bits per heavy atom. The summed E-state index contributed by atoms with van der Waals surface area (Å²) in [7, 11) is 0. The van der Waals surface area contributed by atoms with Crippen LogP contribution in [0.5, 0.6) is 5.75 Å². The molecule has 0 heterocycles. The second-order valence-corrected chi connectivity index (χ2v) is 5.36. The summed E-state index contributed by atoms with van der Waals surface area (Å²) in [5.41, 5.74) is 1.51. The van der Waals surface area contributed by atoms with Gasteiger partial charge in [-0.3, -0.25) is 0 Å². The molecule has 0 aliphatic rings. The molecule has 0 fully saturated rings. The number of rotatable bonds is 7. The summed E-state index contributed by atoms with van der Waals surface area (Å²) in [6, 6.07) is 12.5. The summed E-state index contributed by atoms with van der Waals surface area (Å²) >= 11 is 0. The van der Waals surface area contributed by atoms with E-state index in [0.29, 0.717) is 31.2 Å². The van der Waals surface area contributed by atoms with Crippen molar-refractivity contribution >= 4 is 29.9 Å². The highest BCUT2D eigenvalue weighted by Gasteiger charge is 2.05. The number of halogens is 3. The summed E-state index contributed by atoms with van der Waals surface area (Å²) in [5.74, 6) is -0.792. The second kappa shape index (κ2) is 12.1. The second-order valence-electron chi connectivity index (χ2n) is 5.36. The van der Waals surface area contributed by atoms with Gasteiger partial charge >= 0.3 is 0 Å². The molecule has 0 amide bonds. The first kappa shape index (κ1) is 22.6. The molecule has 0 aliphatic carbocycles. The molecule has 27 heavy (non-hydrogen) atoms. The van der Waals surface area contributed by atoms with Crippen LogP contribution in [0, 0.1) is 23.0 Å². The van der Waals surface area contributed by atoms with Crippen molar-refractivity contribution in [3.8, 4) is 11.8 Å². The standard InChI is InChI=1S/C19H20F2N4O.HI/c1-2-23-19(25-13-15-5-3-4-14(10-15)12-22)24-8-9-26-18-7-6-16(20)11-17(18)21;/h3-7,10-11H,2,8-9,13H2,1H3,(H2,23,24,25);1H. The van der Waals surface area contributed by atoms with Gasteiger partial charge in [-0.15, -0.1) is 24.0 Å². The zero-order chi connectivity index (χ0) is 18.8. The fraction of sp³-hybridized carbons (Fsp3) is 0.263. The van der Waals surface area contributed by atoms with E-state index in [0.717, 1.165) is 17.7 Å². The fourth-order valence-electron chi connectivity index (χ4n) is 2.17. The van der Waals surface area contributed by atoms with E-state index in [9.17, 15) is 8.78 Å². The molecular formula is C19H21F2IN4O. The maximum atomic E-state index is 13.5. The average Bonchev–Trinajstić information content (AvgIpc) is 2.64. The van der Waals surface area contributed by atoms with Crippen LogP contribution in [-0.4, -0.2) is 25.7 Å². The van der Waals surface area contributed by atoms with Gasteiger partial charge in [-0.25, -0.2) is 13.8 Å². The minimum Gasteiger partial charge on any atom is -0.489 e. The highest BCUT2D eigenvalue weighted by Crippen LogP contribution is 2.17. The van der Waals surface area contributed by atoms with Crippen LogP contribution in [0.25, 0.3) is 0 Å². The van der Waals surface area contributed by atoms with Gasteiger partial charge in [0.05, 0.1) is 24.7 Å². The van der Waals surface area contributed by atoms with Crippen LogP contribution in [0.15, 0.2) is 47.5 Å². The van der Waals surface area contributed by atoms with Gasteiger partial charge in [-0.1, -0.05) is 12.1 Å². The lowest BCUT2D eigenvalue weighted by molar-refractivity contribution is 0.304. The molecule has 0 spiro atoms. The average molecular weight is 486 g/mol. The number of benzene rings is 2. The van der Waals surface area contributed by atoms with E-state index in [1.54, 1.807) is 12.1 Å². The quantitative estimate of drug-likeness (QED) is 0.272. The van der Waals surface area contributed by atoms with Crippen molar-refractivity contribution in [3.05, 3.63) is 65.2 Å². The van der Waals surface area contributed by atoms with Crippen LogP contribution >= 0.6 is 24.0 Å². The summed E-state index contributed by atoms with van der Waals surface area (Å²) in [5, 5.41) is 15.1. The van der Waals surface area contributed by atoms with Crippen LogP contribution in [0.3, 0.4) is 0 Å². The van der Waals surface area contributed by atoms with Crippen molar-refractivity contribution in [1.82, 2.24) is 10.6 Å². The highest BCUT2D eigenvalue weighted by molar-refractivity contribution is 14.0. The van der Waals surface area contributed by atoms with E-state index < -0.39 is 11.6 Å². The minimum absolute atomic E-state index is 0. The van der Waals surface area contributed by atoms with Gasteiger partial charge in [-0.05, 0) is 36.8 Å². The van der Waals surface area contributed by atoms with Crippen LogP contribution in [0.1, 0.15) is 18.1 Å². The number of nitrogens with one attached hydrogen (secondary N) is 2. The molecule has 2 N–H and O–H groups in total. The molecule has 0 bridgehead atoms. The molecule has 0 radical (unpaired) electrons. The zero-order valence-electron chi connectivity index (χ0n) is 14.8. The predicted octanol–water partition coefficient (Wildman–Crippen LogP) is 3.59. The first-order valence-corrected chi connectivity index (χ1v) is 8.21. The summed E-state index contributed by atoms with van der Waals surface area (Å²) in [6.07, 6.45) is 0. The Morgan fingerprint density at radius 3 is 2.70 bits per heavy atom. The summed E-state index contributed by atoms with van der Waals surface area (Å²) < 4.78 is 31.6. The van der Waals surface area contributed by atoms with E-state index >= 15 is 0 Å². The fourth-order valence-corrected chi connectivity index (χ4v) is 2.17. The number of nitrogens with zero attached hydrogens (tertiary/aromatic N) is 2. The first-order valence-electron chi connectivity index (χ1n) is 8.21. The van der Waals surface area contributed by atoms with Crippen LogP contribution in [-0.2, 0) is 6.54 Å². The predicted molar refractivity (Wildman–Crippen MR) is 111 cm³/mol. The van der Waals surface area contributed by atoms with Crippen LogP contribution in [0.2, 0.25) is 0 Å². The lowest BCUT2D eigenvalue weighted by Gasteiger charge is -2.12. The van der Waals surface area contributed by atoms with E-state index in [1.165, 1.54) is 6.07 Å². The SMILES string of the molecule is CCNC(=NCc1cccc(C#N)c1)NCCOc1ccc(F)cc1F.I. The Labute approximate surface area is 174 Å². The minimum atomic E-state index is -0.733. The molecule has 0 unspecified atom stereocenters. The number of aliphatic imine (C=N–C) groups is 1. The number of nitriles is 1. The number of ether oxygens (including phenoxy) is 1. The van der Waals surface area contributed by atoms with Crippen LogP contribution in [0.4, 0.5) is 8.78 Å². The Morgan fingerprint density at radius 2 is 2.00 bits per heavy atom. The van der Waals surface area contributed by atoms with Gasteiger partial charge in [-0.2, -0.15) is 5.26 Å².